The molecule has 0 radical (unpaired) electrons. The molecule has 1 heterocycles. The third-order valence-electron chi connectivity index (χ3n) is 6.61. The lowest BCUT2D eigenvalue weighted by atomic mass is 9.87. The van der Waals surface area contributed by atoms with E-state index in [-0.39, 0.29) is 23.9 Å². The van der Waals surface area contributed by atoms with Crippen LogP contribution in [0.15, 0.2) is 60.7 Å². The first-order chi connectivity index (χ1) is 13.6. The van der Waals surface area contributed by atoms with Gasteiger partial charge in [-0.2, -0.15) is 0 Å². The molecule has 4 atom stereocenters. The molecule has 4 rings (SSSR count). The zero-order valence-corrected chi connectivity index (χ0v) is 17.1. The zero-order valence-electron chi connectivity index (χ0n) is 17.1. The highest BCUT2D eigenvalue weighted by Crippen LogP contribution is 2.42. The fourth-order valence-electron chi connectivity index (χ4n) is 5.31. The fraction of sp³-hybridized carbons (Fsp3) is 0.480. The number of nitrogens with zero attached hydrogens (tertiary/aromatic N) is 1. The number of hydrogen-bond acceptors (Lipinski definition) is 2. The van der Waals surface area contributed by atoms with E-state index in [1.807, 2.05) is 18.2 Å². The summed E-state index contributed by atoms with van der Waals surface area (Å²) in [5.41, 5.74) is 2.44. The topological polar surface area (TPSA) is 32.3 Å². The molecule has 148 valence electrons. The van der Waals surface area contributed by atoms with Gasteiger partial charge in [-0.15, -0.1) is 0 Å². The van der Waals surface area contributed by atoms with Crippen molar-refractivity contribution in [2.24, 2.45) is 17.8 Å². The van der Waals surface area contributed by atoms with Crippen molar-refractivity contribution in [3.05, 3.63) is 71.8 Å². The molecule has 1 aliphatic heterocycles. The summed E-state index contributed by atoms with van der Waals surface area (Å²) in [4.78, 5) is 15.9. The molecule has 0 spiro atoms. The van der Waals surface area contributed by atoms with Crippen molar-refractivity contribution >= 4 is 5.91 Å². The van der Waals surface area contributed by atoms with Crippen molar-refractivity contribution in [3.63, 3.8) is 0 Å². The summed E-state index contributed by atoms with van der Waals surface area (Å²) in [7, 11) is 0. The molecule has 1 saturated heterocycles. The van der Waals surface area contributed by atoms with Gasteiger partial charge in [0.15, 0.2) is 0 Å². The molecular formula is C25H32N2O. The zero-order chi connectivity index (χ0) is 19.5. The molecule has 2 unspecified atom stereocenters. The van der Waals surface area contributed by atoms with E-state index < -0.39 is 0 Å². The summed E-state index contributed by atoms with van der Waals surface area (Å²) in [6, 6.07) is 20.9. The quantitative estimate of drug-likeness (QED) is 0.785. The lowest BCUT2D eigenvalue weighted by Crippen LogP contribution is -2.49. The van der Waals surface area contributed by atoms with Gasteiger partial charge in [0.05, 0.1) is 12.1 Å². The number of fused-ring (bicyclic) bond motifs is 1. The largest absolute Gasteiger partial charge is 0.340 e. The molecule has 1 aliphatic carbocycles. The first-order valence-corrected chi connectivity index (χ1v) is 10.8. The van der Waals surface area contributed by atoms with Crippen LogP contribution in [0.25, 0.3) is 0 Å². The number of carbonyl (C=O) groups is 1. The third kappa shape index (κ3) is 4.00. The van der Waals surface area contributed by atoms with Crippen LogP contribution in [0.3, 0.4) is 0 Å². The van der Waals surface area contributed by atoms with Crippen molar-refractivity contribution in [2.45, 2.75) is 51.7 Å². The van der Waals surface area contributed by atoms with E-state index in [4.69, 9.17) is 0 Å². The Morgan fingerprint density at radius 1 is 1.04 bits per heavy atom. The number of rotatable bonds is 6. The number of carbonyl (C=O) groups excluding carboxylic acids is 1. The van der Waals surface area contributed by atoms with Crippen molar-refractivity contribution in [2.75, 3.05) is 6.54 Å². The monoisotopic (exact) mass is 376 g/mol. The van der Waals surface area contributed by atoms with Crippen molar-refractivity contribution < 1.29 is 4.79 Å². The van der Waals surface area contributed by atoms with Gasteiger partial charge in [-0.3, -0.25) is 9.69 Å². The lowest BCUT2D eigenvalue weighted by Gasteiger charge is -2.31. The molecule has 3 heteroatoms. The van der Waals surface area contributed by atoms with Crippen LogP contribution in [-0.4, -0.2) is 23.5 Å². The van der Waals surface area contributed by atoms with E-state index in [1.54, 1.807) is 0 Å². The van der Waals surface area contributed by atoms with Gasteiger partial charge >= 0.3 is 0 Å². The number of amides is 1. The second kappa shape index (κ2) is 8.48. The smallest absolute Gasteiger partial charge is 0.229 e. The van der Waals surface area contributed by atoms with Crippen LogP contribution in [0.4, 0.5) is 0 Å². The summed E-state index contributed by atoms with van der Waals surface area (Å²) in [5, 5.41) is 3.49. The normalized spacial score (nSPS) is 25.6. The van der Waals surface area contributed by atoms with E-state index in [0.29, 0.717) is 5.92 Å². The second-order valence-corrected chi connectivity index (χ2v) is 8.86. The summed E-state index contributed by atoms with van der Waals surface area (Å²) in [6.45, 7) is 6.30. The third-order valence-corrected chi connectivity index (χ3v) is 6.61. The minimum absolute atomic E-state index is 0.0970. The van der Waals surface area contributed by atoms with Crippen LogP contribution in [0.5, 0.6) is 0 Å². The molecule has 1 amide bonds. The van der Waals surface area contributed by atoms with Gasteiger partial charge in [0, 0.05) is 13.1 Å². The Labute approximate surface area is 169 Å². The van der Waals surface area contributed by atoms with E-state index in [1.165, 1.54) is 24.8 Å². The molecule has 2 fully saturated rings. The number of nitrogens with one attached hydrogen (secondary N) is 1. The Hall–Kier alpha value is -2.13. The Balaban J connectivity index is 1.53. The average Bonchev–Trinajstić information content (AvgIpc) is 3.26. The average molecular weight is 377 g/mol. The van der Waals surface area contributed by atoms with Gasteiger partial charge in [0.2, 0.25) is 5.91 Å². The molecule has 3 nitrogen and oxygen atoms in total. The molecule has 1 N–H and O–H groups in total. The molecule has 0 bridgehead atoms. The van der Waals surface area contributed by atoms with Crippen molar-refractivity contribution in [1.29, 1.82) is 0 Å². The number of hydrogen-bond donors (Lipinski definition) is 1. The minimum atomic E-state index is -0.0970. The highest BCUT2D eigenvalue weighted by Gasteiger charge is 2.45. The maximum Gasteiger partial charge on any atom is 0.229 e. The van der Waals surface area contributed by atoms with E-state index in [2.05, 4.69) is 66.5 Å². The molecule has 28 heavy (non-hydrogen) atoms. The van der Waals surface area contributed by atoms with Gasteiger partial charge in [0.1, 0.15) is 0 Å². The standard InChI is InChI=1S/C25H32N2O/c1-18(2)23(20-12-7-4-8-13-20)25(28)26-24-22-15-9-14-21(22)17-27(24)16-19-10-5-3-6-11-19/h3-8,10-13,18,21-24H,9,14-17H2,1-2H3,(H,26,28)/t21-,22-,23?,24?/m0/s1. The molecular weight excluding hydrogens is 344 g/mol. The van der Waals surface area contributed by atoms with Crippen LogP contribution in [-0.2, 0) is 11.3 Å². The molecule has 0 aromatic heterocycles. The predicted octanol–water partition coefficient (Wildman–Crippen LogP) is 4.80. The van der Waals surface area contributed by atoms with Crippen LogP contribution < -0.4 is 5.32 Å². The summed E-state index contributed by atoms with van der Waals surface area (Å²) >= 11 is 0. The minimum Gasteiger partial charge on any atom is -0.340 e. The van der Waals surface area contributed by atoms with E-state index in [0.717, 1.165) is 24.6 Å². The first-order valence-electron chi connectivity index (χ1n) is 10.8. The maximum absolute atomic E-state index is 13.4. The molecule has 2 aliphatic rings. The van der Waals surface area contributed by atoms with Crippen LogP contribution in [0.1, 0.15) is 50.2 Å². The SMILES string of the molecule is CC(C)C(C(=O)NC1[C@H]2CCC[C@H]2CN1Cc1ccccc1)c1ccccc1. The van der Waals surface area contributed by atoms with Gasteiger partial charge in [-0.05, 0) is 41.7 Å². The van der Waals surface area contributed by atoms with E-state index in [9.17, 15) is 4.79 Å². The van der Waals surface area contributed by atoms with Crippen molar-refractivity contribution in [3.8, 4) is 0 Å². The first kappa shape index (κ1) is 19.2. The van der Waals surface area contributed by atoms with Gasteiger partial charge < -0.3 is 5.32 Å². The summed E-state index contributed by atoms with van der Waals surface area (Å²) in [6.07, 6.45) is 3.99. The second-order valence-electron chi connectivity index (χ2n) is 8.86. The van der Waals surface area contributed by atoms with Crippen molar-refractivity contribution in [1.82, 2.24) is 10.2 Å². The number of likely N-dealkylation sites (tertiary alicyclic amines) is 1. The van der Waals surface area contributed by atoms with Crippen LogP contribution >= 0.6 is 0 Å². The predicted molar refractivity (Wildman–Crippen MR) is 114 cm³/mol. The Kier molecular flexibility index (Phi) is 5.82. The van der Waals surface area contributed by atoms with E-state index >= 15 is 0 Å². The number of benzene rings is 2. The van der Waals surface area contributed by atoms with Gasteiger partial charge in [-0.1, -0.05) is 80.9 Å². The highest BCUT2D eigenvalue weighted by molar-refractivity contribution is 5.84. The summed E-state index contributed by atoms with van der Waals surface area (Å²) < 4.78 is 0. The Morgan fingerprint density at radius 2 is 1.71 bits per heavy atom. The van der Waals surface area contributed by atoms with Crippen LogP contribution in [0.2, 0.25) is 0 Å². The lowest BCUT2D eigenvalue weighted by molar-refractivity contribution is -0.125. The Bertz CT molecular complexity index is 774. The van der Waals surface area contributed by atoms with Gasteiger partial charge in [0.25, 0.3) is 0 Å². The fourth-order valence-corrected chi connectivity index (χ4v) is 5.31. The highest BCUT2D eigenvalue weighted by atomic mass is 16.2. The van der Waals surface area contributed by atoms with Crippen LogP contribution in [0, 0.1) is 17.8 Å². The maximum atomic E-state index is 13.4. The molecule has 2 aromatic rings. The Morgan fingerprint density at radius 3 is 2.39 bits per heavy atom. The molecule has 1 saturated carbocycles. The summed E-state index contributed by atoms with van der Waals surface area (Å²) in [5.74, 6) is 1.67. The molecule has 2 aromatic carbocycles. The van der Waals surface area contributed by atoms with Gasteiger partial charge in [-0.25, -0.2) is 0 Å².